The minimum atomic E-state index is 0.0632. The highest BCUT2D eigenvalue weighted by Gasteiger charge is 2.47. The fourth-order valence-electron chi connectivity index (χ4n) is 5.18. The van der Waals surface area contributed by atoms with Crippen molar-refractivity contribution in [1.82, 2.24) is 0 Å². The van der Waals surface area contributed by atoms with Gasteiger partial charge in [0.15, 0.2) is 0 Å². The van der Waals surface area contributed by atoms with Crippen LogP contribution in [-0.2, 0) is 9.53 Å². The highest BCUT2D eigenvalue weighted by molar-refractivity contribution is 5.74. The Labute approximate surface area is 121 Å². The number of carbonyl (C=O) groups is 1. The summed E-state index contributed by atoms with van der Waals surface area (Å²) in [4.78, 5) is 12.4. The lowest BCUT2D eigenvalue weighted by molar-refractivity contribution is -0.153. The van der Waals surface area contributed by atoms with Gasteiger partial charge >= 0.3 is 5.97 Å². The highest BCUT2D eigenvalue weighted by Crippen LogP contribution is 2.49. The van der Waals surface area contributed by atoms with Gasteiger partial charge in [0.25, 0.3) is 0 Å². The number of esters is 1. The van der Waals surface area contributed by atoms with Gasteiger partial charge in [-0.3, -0.25) is 4.79 Å². The molecule has 0 saturated heterocycles. The second-order valence-corrected chi connectivity index (χ2v) is 7.43. The Balaban J connectivity index is 1.37. The summed E-state index contributed by atoms with van der Waals surface area (Å²) in [6.45, 7) is 5.16. The van der Waals surface area contributed by atoms with Gasteiger partial charge < -0.3 is 4.74 Å². The van der Waals surface area contributed by atoms with Crippen LogP contribution in [0.25, 0.3) is 0 Å². The van der Waals surface area contributed by atoms with E-state index in [2.05, 4.69) is 38.2 Å². The van der Waals surface area contributed by atoms with Crippen LogP contribution in [0.5, 0.6) is 0 Å². The number of carbonyl (C=O) groups excluding carboxylic acids is 1. The Morgan fingerprint density at radius 2 is 1.55 bits per heavy atom. The van der Waals surface area contributed by atoms with E-state index in [4.69, 9.17) is 4.74 Å². The van der Waals surface area contributed by atoms with Gasteiger partial charge in [-0.15, -0.1) is 0 Å². The molecule has 0 amide bonds. The van der Waals surface area contributed by atoms with Crippen molar-refractivity contribution in [2.45, 2.75) is 26.7 Å². The van der Waals surface area contributed by atoms with Gasteiger partial charge in [-0.1, -0.05) is 38.2 Å². The van der Waals surface area contributed by atoms with Crippen LogP contribution in [-0.4, -0.2) is 12.6 Å². The molecule has 8 unspecified atom stereocenters. The predicted molar refractivity (Wildman–Crippen MR) is 77.7 cm³/mol. The molecule has 4 aliphatic carbocycles. The smallest absolute Gasteiger partial charge is 0.309 e. The summed E-state index contributed by atoms with van der Waals surface area (Å²) < 4.78 is 5.75. The van der Waals surface area contributed by atoms with Gasteiger partial charge in [-0.2, -0.15) is 0 Å². The molecule has 108 valence electrons. The maximum absolute atomic E-state index is 12.4. The number of allylic oxidation sites excluding steroid dienone is 4. The lowest BCUT2D eigenvalue weighted by atomic mass is 9.84. The second-order valence-electron chi connectivity index (χ2n) is 7.43. The molecule has 0 aromatic heterocycles. The third-order valence-electron chi connectivity index (χ3n) is 6.59. The Hall–Kier alpha value is -1.05. The molecule has 0 aromatic rings. The third-order valence-corrected chi connectivity index (χ3v) is 6.59. The summed E-state index contributed by atoms with van der Waals surface area (Å²) in [5.41, 5.74) is 0. The van der Waals surface area contributed by atoms with Crippen molar-refractivity contribution in [3.05, 3.63) is 24.3 Å². The first-order valence-electron chi connectivity index (χ1n) is 8.18. The van der Waals surface area contributed by atoms with Crippen LogP contribution in [0, 0.1) is 47.3 Å². The van der Waals surface area contributed by atoms with Crippen LogP contribution in [0.2, 0.25) is 0 Å². The molecule has 0 aliphatic heterocycles. The molecule has 0 aromatic carbocycles. The van der Waals surface area contributed by atoms with Gasteiger partial charge in [-0.25, -0.2) is 0 Å². The van der Waals surface area contributed by atoms with E-state index in [0.717, 1.165) is 12.3 Å². The van der Waals surface area contributed by atoms with E-state index in [1.807, 2.05) is 0 Å². The lowest BCUT2D eigenvalue weighted by Gasteiger charge is -2.27. The van der Waals surface area contributed by atoms with Crippen molar-refractivity contribution in [3.63, 3.8) is 0 Å². The minimum Gasteiger partial charge on any atom is -0.465 e. The van der Waals surface area contributed by atoms with Crippen molar-refractivity contribution < 1.29 is 9.53 Å². The number of hydrogen-bond donors (Lipinski definition) is 0. The van der Waals surface area contributed by atoms with Crippen LogP contribution in [0.1, 0.15) is 26.7 Å². The van der Waals surface area contributed by atoms with Gasteiger partial charge in [0, 0.05) is 5.92 Å². The molecule has 0 spiro atoms. The minimum absolute atomic E-state index is 0.0632. The van der Waals surface area contributed by atoms with Gasteiger partial charge in [0.1, 0.15) is 0 Å². The number of rotatable bonds is 3. The number of ether oxygens (including phenoxy) is 1. The summed E-state index contributed by atoms with van der Waals surface area (Å²) in [6.07, 6.45) is 11.7. The summed E-state index contributed by atoms with van der Waals surface area (Å²) in [5.74, 6) is 4.32. The maximum Gasteiger partial charge on any atom is 0.309 e. The monoisotopic (exact) mass is 272 g/mol. The first kappa shape index (κ1) is 12.7. The largest absolute Gasteiger partial charge is 0.465 e. The van der Waals surface area contributed by atoms with Crippen LogP contribution < -0.4 is 0 Å². The van der Waals surface area contributed by atoms with E-state index in [0.29, 0.717) is 42.1 Å². The topological polar surface area (TPSA) is 26.3 Å². The van der Waals surface area contributed by atoms with Crippen molar-refractivity contribution in [2.75, 3.05) is 6.61 Å². The molecule has 4 rings (SSSR count). The molecular weight excluding hydrogens is 248 g/mol. The van der Waals surface area contributed by atoms with Crippen LogP contribution in [0.3, 0.4) is 0 Å². The molecule has 4 bridgehead atoms. The first-order valence-corrected chi connectivity index (χ1v) is 8.18. The van der Waals surface area contributed by atoms with E-state index in [9.17, 15) is 4.79 Å². The van der Waals surface area contributed by atoms with Crippen molar-refractivity contribution >= 4 is 5.97 Å². The zero-order valence-corrected chi connectivity index (χ0v) is 12.4. The highest BCUT2D eigenvalue weighted by atomic mass is 16.5. The van der Waals surface area contributed by atoms with E-state index in [-0.39, 0.29) is 11.9 Å². The van der Waals surface area contributed by atoms with Crippen molar-refractivity contribution in [3.8, 4) is 0 Å². The number of fused-ring (bicyclic) bond motifs is 4. The lowest BCUT2D eigenvalue weighted by Crippen LogP contribution is -2.31. The third kappa shape index (κ3) is 1.73. The molecule has 0 radical (unpaired) electrons. The average Bonchev–Trinajstić information content (AvgIpc) is 3.16. The zero-order valence-electron chi connectivity index (χ0n) is 12.4. The molecule has 2 fully saturated rings. The SMILES string of the molecule is CC1C2C=CC(C2)C1COC(=O)C1C2C=CC(C2)C1C. The Morgan fingerprint density at radius 1 is 0.950 bits per heavy atom. The fourth-order valence-corrected chi connectivity index (χ4v) is 5.18. The fraction of sp³-hybridized carbons (Fsp3) is 0.722. The first-order chi connectivity index (χ1) is 9.65. The maximum atomic E-state index is 12.4. The van der Waals surface area contributed by atoms with Gasteiger partial charge in [-0.05, 0) is 48.3 Å². The summed E-state index contributed by atoms with van der Waals surface area (Å²) in [7, 11) is 0. The predicted octanol–water partition coefficient (Wildman–Crippen LogP) is 3.45. The van der Waals surface area contributed by atoms with Gasteiger partial charge in [0.05, 0.1) is 12.5 Å². The Kier molecular flexibility index (Phi) is 2.84. The molecule has 20 heavy (non-hydrogen) atoms. The zero-order chi connectivity index (χ0) is 13.9. The standard InChI is InChI=1S/C18H24O2/c1-10-12-3-5-14(7-12)16(10)9-20-18(19)17-11(2)13-4-6-15(17)8-13/h3-6,10-17H,7-9H2,1-2H3. The van der Waals surface area contributed by atoms with E-state index in [1.165, 1.54) is 6.42 Å². The summed E-state index contributed by atoms with van der Waals surface area (Å²) in [6, 6.07) is 0. The molecule has 2 heteroatoms. The van der Waals surface area contributed by atoms with Crippen molar-refractivity contribution in [1.29, 1.82) is 0 Å². The van der Waals surface area contributed by atoms with Crippen LogP contribution in [0.4, 0.5) is 0 Å². The van der Waals surface area contributed by atoms with Crippen LogP contribution >= 0.6 is 0 Å². The summed E-state index contributed by atoms with van der Waals surface area (Å²) in [5, 5.41) is 0. The molecule has 8 atom stereocenters. The Morgan fingerprint density at radius 3 is 2.15 bits per heavy atom. The van der Waals surface area contributed by atoms with Crippen molar-refractivity contribution in [2.24, 2.45) is 47.3 Å². The summed E-state index contributed by atoms with van der Waals surface area (Å²) >= 11 is 0. The van der Waals surface area contributed by atoms with Crippen LogP contribution in [0.15, 0.2) is 24.3 Å². The average molecular weight is 272 g/mol. The molecular formula is C18H24O2. The number of hydrogen-bond acceptors (Lipinski definition) is 2. The van der Waals surface area contributed by atoms with Gasteiger partial charge in [0.2, 0.25) is 0 Å². The molecule has 2 saturated carbocycles. The molecule has 0 heterocycles. The normalized spacial score (nSPS) is 51.1. The van der Waals surface area contributed by atoms with E-state index < -0.39 is 0 Å². The quantitative estimate of drug-likeness (QED) is 0.581. The second kappa shape index (κ2) is 4.47. The molecule has 2 nitrogen and oxygen atoms in total. The molecule has 0 N–H and O–H groups in total. The van der Waals surface area contributed by atoms with E-state index >= 15 is 0 Å². The Bertz CT molecular complexity index is 478. The molecule has 4 aliphatic rings. The van der Waals surface area contributed by atoms with E-state index in [1.54, 1.807) is 0 Å².